The minimum absolute atomic E-state index is 0.425. The quantitative estimate of drug-likeness (QED) is 0.778. The molecule has 1 saturated heterocycles. The van der Waals surface area contributed by atoms with Crippen LogP contribution in [0.5, 0.6) is 0 Å². The molecule has 2 rings (SSSR count). The highest BCUT2D eigenvalue weighted by atomic mass is 16.4. The normalized spacial score (nSPS) is 22.4. The first-order chi connectivity index (χ1) is 7.29. The molecule has 0 radical (unpaired) electrons. The van der Waals surface area contributed by atoms with Gasteiger partial charge in [0.1, 0.15) is 0 Å². The summed E-state index contributed by atoms with van der Waals surface area (Å²) in [6.45, 7) is 2.81. The summed E-state index contributed by atoms with van der Waals surface area (Å²) in [5.74, 6) is 1.95. The summed E-state index contributed by atoms with van der Waals surface area (Å²) in [5.41, 5.74) is 5.43. The van der Waals surface area contributed by atoms with E-state index in [1.165, 1.54) is 0 Å². The van der Waals surface area contributed by atoms with Crippen molar-refractivity contribution in [2.75, 3.05) is 26.7 Å². The molecule has 5 nitrogen and oxygen atoms in total. The fraction of sp³-hybridized carbons (Fsp3) is 0.800. The van der Waals surface area contributed by atoms with Gasteiger partial charge in [0.2, 0.25) is 11.8 Å². The van der Waals surface area contributed by atoms with Crippen molar-refractivity contribution < 1.29 is 4.42 Å². The average Bonchev–Trinajstić information content (AvgIpc) is 2.83. The number of aryl methyl sites for hydroxylation is 1. The fourth-order valence-electron chi connectivity index (χ4n) is 1.92. The molecule has 84 valence electrons. The summed E-state index contributed by atoms with van der Waals surface area (Å²) in [7, 11) is 2.12. The number of hydrogen-bond acceptors (Lipinski definition) is 5. The third-order valence-electron chi connectivity index (χ3n) is 2.82. The third-order valence-corrected chi connectivity index (χ3v) is 2.82. The number of rotatable bonds is 4. The Morgan fingerprint density at radius 3 is 3.07 bits per heavy atom. The van der Waals surface area contributed by atoms with Crippen LogP contribution in [0.4, 0.5) is 0 Å². The maximum absolute atomic E-state index is 5.61. The highest BCUT2D eigenvalue weighted by molar-refractivity contribution is 4.96. The first kappa shape index (κ1) is 10.6. The molecule has 1 fully saturated rings. The molecular formula is C10H18N4O. The fourth-order valence-corrected chi connectivity index (χ4v) is 1.92. The van der Waals surface area contributed by atoms with E-state index >= 15 is 0 Å². The van der Waals surface area contributed by atoms with Crippen molar-refractivity contribution in [2.45, 2.75) is 25.2 Å². The summed E-state index contributed by atoms with van der Waals surface area (Å²) >= 11 is 0. The Hall–Kier alpha value is -0.940. The van der Waals surface area contributed by atoms with Crippen LogP contribution in [-0.4, -0.2) is 41.8 Å². The molecule has 15 heavy (non-hydrogen) atoms. The Bertz CT molecular complexity index is 312. The molecule has 1 aromatic heterocycles. The second-order valence-electron chi connectivity index (χ2n) is 4.17. The lowest BCUT2D eigenvalue weighted by Gasteiger charge is -2.05. The van der Waals surface area contributed by atoms with Gasteiger partial charge in [-0.05, 0) is 33.0 Å². The maximum Gasteiger partial charge on any atom is 0.220 e. The van der Waals surface area contributed by atoms with Crippen LogP contribution in [-0.2, 0) is 6.42 Å². The average molecular weight is 210 g/mol. The summed E-state index contributed by atoms with van der Waals surface area (Å²) in [6, 6.07) is 0. The standard InChI is InChI=1S/C10H18N4O/c1-14-6-4-8(7-14)10-13-12-9(15-10)3-2-5-11/h8H,2-7,11H2,1H3/t8-/m0/s1. The van der Waals surface area contributed by atoms with Gasteiger partial charge in [0.05, 0.1) is 5.92 Å². The summed E-state index contributed by atoms with van der Waals surface area (Å²) in [5, 5.41) is 8.13. The van der Waals surface area contributed by atoms with Crippen LogP contribution in [0, 0.1) is 0 Å². The predicted octanol–water partition coefficient (Wildman–Crippen LogP) is 0.380. The molecule has 0 saturated carbocycles. The summed E-state index contributed by atoms with van der Waals surface area (Å²) < 4.78 is 5.61. The van der Waals surface area contributed by atoms with Gasteiger partial charge in [0, 0.05) is 13.0 Å². The van der Waals surface area contributed by atoms with Crippen LogP contribution >= 0.6 is 0 Å². The summed E-state index contributed by atoms with van der Waals surface area (Å²) in [4.78, 5) is 2.29. The van der Waals surface area contributed by atoms with Gasteiger partial charge in [0.15, 0.2) is 0 Å². The zero-order valence-electron chi connectivity index (χ0n) is 9.15. The number of likely N-dealkylation sites (N-methyl/N-ethyl adjacent to an activating group) is 1. The molecule has 0 amide bonds. The SMILES string of the molecule is CN1CC[C@H](c2nnc(CCCN)o2)C1. The van der Waals surface area contributed by atoms with E-state index in [1.807, 2.05) is 0 Å². The topological polar surface area (TPSA) is 68.2 Å². The van der Waals surface area contributed by atoms with E-state index < -0.39 is 0 Å². The van der Waals surface area contributed by atoms with Crippen molar-refractivity contribution in [3.8, 4) is 0 Å². The lowest BCUT2D eigenvalue weighted by molar-refractivity contribution is 0.382. The van der Waals surface area contributed by atoms with Gasteiger partial charge in [-0.25, -0.2) is 0 Å². The van der Waals surface area contributed by atoms with Crippen LogP contribution in [0.2, 0.25) is 0 Å². The number of aromatic nitrogens is 2. The van der Waals surface area contributed by atoms with Crippen LogP contribution in [0.3, 0.4) is 0 Å². The van der Waals surface area contributed by atoms with Crippen molar-refractivity contribution in [3.05, 3.63) is 11.8 Å². The zero-order valence-corrected chi connectivity index (χ0v) is 9.15. The molecule has 1 aliphatic heterocycles. The highest BCUT2D eigenvalue weighted by Crippen LogP contribution is 2.24. The molecule has 5 heteroatoms. The Morgan fingerprint density at radius 1 is 1.53 bits per heavy atom. The zero-order chi connectivity index (χ0) is 10.7. The molecule has 0 unspecified atom stereocenters. The molecular weight excluding hydrogens is 192 g/mol. The van der Waals surface area contributed by atoms with Gasteiger partial charge in [-0.2, -0.15) is 0 Å². The first-order valence-electron chi connectivity index (χ1n) is 5.50. The highest BCUT2D eigenvalue weighted by Gasteiger charge is 2.25. The second kappa shape index (κ2) is 4.72. The second-order valence-corrected chi connectivity index (χ2v) is 4.17. The molecule has 0 aliphatic carbocycles. The van der Waals surface area contributed by atoms with Crippen molar-refractivity contribution >= 4 is 0 Å². The van der Waals surface area contributed by atoms with Crippen molar-refractivity contribution in [1.29, 1.82) is 0 Å². The maximum atomic E-state index is 5.61. The van der Waals surface area contributed by atoms with E-state index in [9.17, 15) is 0 Å². The monoisotopic (exact) mass is 210 g/mol. The van der Waals surface area contributed by atoms with E-state index in [4.69, 9.17) is 10.2 Å². The predicted molar refractivity (Wildman–Crippen MR) is 56.5 cm³/mol. The molecule has 2 heterocycles. The van der Waals surface area contributed by atoms with Gasteiger partial charge in [-0.1, -0.05) is 0 Å². The molecule has 0 bridgehead atoms. The molecule has 0 aromatic carbocycles. The summed E-state index contributed by atoms with van der Waals surface area (Å²) in [6.07, 6.45) is 2.83. The Labute approximate surface area is 89.6 Å². The Kier molecular flexibility index (Phi) is 3.33. The number of nitrogens with two attached hydrogens (primary N) is 1. The third kappa shape index (κ3) is 2.54. The van der Waals surface area contributed by atoms with Crippen LogP contribution in [0.1, 0.15) is 30.5 Å². The molecule has 1 aromatic rings. The molecule has 1 aliphatic rings. The van der Waals surface area contributed by atoms with Gasteiger partial charge in [-0.3, -0.25) is 0 Å². The smallest absolute Gasteiger partial charge is 0.220 e. The first-order valence-corrected chi connectivity index (χ1v) is 5.50. The van der Waals surface area contributed by atoms with Crippen molar-refractivity contribution in [1.82, 2.24) is 15.1 Å². The Balaban J connectivity index is 1.94. The number of likely N-dealkylation sites (tertiary alicyclic amines) is 1. The van der Waals surface area contributed by atoms with E-state index in [2.05, 4.69) is 22.1 Å². The van der Waals surface area contributed by atoms with Crippen molar-refractivity contribution in [2.24, 2.45) is 5.73 Å². The van der Waals surface area contributed by atoms with Gasteiger partial charge >= 0.3 is 0 Å². The van der Waals surface area contributed by atoms with Crippen LogP contribution < -0.4 is 5.73 Å². The lowest BCUT2D eigenvalue weighted by Crippen LogP contribution is -2.13. The van der Waals surface area contributed by atoms with E-state index in [-0.39, 0.29) is 0 Å². The van der Waals surface area contributed by atoms with Gasteiger partial charge in [-0.15, -0.1) is 10.2 Å². The minimum atomic E-state index is 0.425. The van der Waals surface area contributed by atoms with E-state index in [1.54, 1.807) is 0 Å². The van der Waals surface area contributed by atoms with Gasteiger partial charge in [0.25, 0.3) is 0 Å². The molecule has 1 atom stereocenters. The van der Waals surface area contributed by atoms with Crippen molar-refractivity contribution in [3.63, 3.8) is 0 Å². The lowest BCUT2D eigenvalue weighted by atomic mass is 10.1. The molecule has 0 spiro atoms. The van der Waals surface area contributed by atoms with Crippen LogP contribution in [0.15, 0.2) is 4.42 Å². The Morgan fingerprint density at radius 2 is 2.40 bits per heavy atom. The molecule has 2 N–H and O–H groups in total. The van der Waals surface area contributed by atoms with E-state index in [0.29, 0.717) is 12.5 Å². The van der Waals surface area contributed by atoms with Gasteiger partial charge < -0.3 is 15.1 Å². The number of nitrogens with zero attached hydrogens (tertiary/aromatic N) is 3. The van der Waals surface area contributed by atoms with E-state index in [0.717, 1.165) is 44.1 Å². The number of hydrogen-bond donors (Lipinski definition) is 1. The largest absolute Gasteiger partial charge is 0.425 e. The minimum Gasteiger partial charge on any atom is -0.425 e. The van der Waals surface area contributed by atoms with Crippen LogP contribution in [0.25, 0.3) is 0 Å².